The lowest BCUT2D eigenvalue weighted by Gasteiger charge is -2.36. The van der Waals surface area contributed by atoms with Crippen LogP contribution in [0.1, 0.15) is 30.6 Å². The largest absolute Gasteiger partial charge is 0.334 e. The van der Waals surface area contributed by atoms with Gasteiger partial charge in [0.25, 0.3) is 0 Å². The summed E-state index contributed by atoms with van der Waals surface area (Å²) in [6, 6.07) is 3.91. The molecule has 3 rings (SSSR count). The van der Waals surface area contributed by atoms with Crippen molar-refractivity contribution in [1.29, 1.82) is 0 Å². The van der Waals surface area contributed by atoms with E-state index in [1.54, 1.807) is 6.08 Å². The molecule has 0 radical (unpaired) electrons. The zero-order chi connectivity index (χ0) is 18.5. The zero-order valence-corrected chi connectivity index (χ0v) is 16.6. The van der Waals surface area contributed by atoms with Crippen molar-refractivity contribution >= 4 is 34.9 Å². The second kappa shape index (κ2) is 8.91. The van der Waals surface area contributed by atoms with E-state index in [9.17, 15) is 9.59 Å². The van der Waals surface area contributed by atoms with Gasteiger partial charge >= 0.3 is 6.03 Å². The maximum absolute atomic E-state index is 13.1. The summed E-state index contributed by atoms with van der Waals surface area (Å²) in [5.41, 5.74) is 0. The van der Waals surface area contributed by atoms with Crippen LogP contribution < -0.4 is 0 Å². The van der Waals surface area contributed by atoms with Crippen molar-refractivity contribution in [2.45, 2.75) is 32.2 Å². The van der Waals surface area contributed by atoms with Crippen molar-refractivity contribution in [1.82, 2.24) is 14.7 Å². The summed E-state index contributed by atoms with van der Waals surface area (Å²) in [5.74, 6) is -0.0287. The predicted octanol–water partition coefficient (Wildman–Crippen LogP) is 3.84. The fourth-order valence-electron chi connectivity index (χ4n) is 3.73. The monoisotopic (exact) mass is 395 g/mol. The number of piperidine rings is 1. The second-order valence-corrected chi connectivity index (χ2v) is 8.77. The molecule has 0 spiro atoms. The number of carbonyl (C=O) groups is 2. The molecule has 1 atom stereocenters. The van der Waals surface area contributed by atoms with Crippen LogP contribution in [-0.2, 0) is 11.3 Å². The van der Waals surface area contributed by atoms with Crippen LogP contribution in [0.3, 0.4) is 0 Å². The Morgan fingerprint density at radius 1 is 1.23 bits per heavy atom. The van der Waals surface area contributed by atoms with E-state index in [4.69, 9.17) is 11.6 Å². The van der Waals surface area contributed by atoms with E-state index >= 15 is 0 Å². The Hall–Kier alpha value is -1.53. The molecule has 2 fully saturated rings. The van der Waals surface area contributed by atoms with Crippen LogP contribution in [0, 0.1) is 5.92 Å². The fraction of sp³-hybridized carbons (Fsp3) is 0.579. The SMILES string of the molecule is C=CCN(Cc1ccc(Cl)s1)C(=O)C1CCCN(C(=O)N2CCCC2)C1. The minimum Gasteiger partial charge on any atom is -0.334 e. The molecule has 7 heteroatoms. The van der Waals surface area contributed by atoms with Crippen molar-refractivity contribution in [2.24, 2.45) is 5.92 Å². The highest BCUT2D eigenvalue weighted by molar-refractivity contribution is 7.16. The van der Waals surface area contributed by atoms with E-state index in [1.165, 1.54) is 11.3 Å². The first-order valence-corrected chi connectivity index (χ1v) is 10.5. The van der Waals surface area contributed by atoms with Gasteiger partial charge in [0.15, 0.2) is 0 Å². The highest BCUT2D eigenvalue weighted by atomic mass is 35.5. The van der Waals surface area contributed by atoms with E-state index in [0.717, 1.165) is 54.5 Å². The molecule has 2 aliphatic rings. The summed E-state index contributed by atoms with van der Waals surface area (Å²) in [6.45, 7) is 7.79. The molecule has 0 saturated carbocycles. The normalized spacial score (nSPS) is 20.3. The molecule has 2 saturated heterocycles. The molecule has 1 aromatic rings. The minimum atomic E-state index is -0.134. The van der Waals surface area contributed by atoms with Crippen LogP contribution in [-0.4, -0.2) is 59.4 Å². The van der Waals surface area contributed by atoms with Gasteiger partial charge in [-0.3, -0.25) is 4.79 Å². The summed E-state index contributed by atoms with van der Waals surface area (Å²) < 4.78 is 0.728. The molecule has 0 aliphatic carbocycles. The lowest BCUT2D eigenvalue weighted by Crippen LogP contribution is -2.50. The molecule has 2 aliphatic heterocycles. The first-order valence-electron chi connectivity index (χ1n) is 9.26. The van der Waals surface area contributed by atoms with Crippen molar-refractivity contribution < 1.29 is 9.59 Å². The number of urea groups is 1. The van der Waals surface area contributed by atoms with E-state index in [1.807, 2.05) is 26.8 Å². The topological polar surface area (TPSA) is 43.9 Å². The van der Waals surface area contributed by atoms with E-state index in [2.05, 4.69) is 6.58 Å². The number of hydrogen-bond donors (Lipinski definition) is 0. The van der Waals surface area contributed by atoms with Crippen LogP contribution in [0.5, 0.6) is 0 Å². The summed E-state index contributed by atoms with van der Waals surface area (Å²) in [6.07, 6.45) is 5.63. The molecular weight excluding hydrogens is 370 g/mol. The van der Waals surface area contributed by atoms with Gasteiger partial charge in [-0.05, 0) is 37.8 Å². The Morgan fingerprint density at radius 2 is 1.96 bits per heavy atom. The number of carbonyl (C=O) groups excluding carboxylic acids is 2. The summed E-state index contributed by atoms with van der Waals surface area (Å²) in [7, 11) is 0. The number of rotatable bonds is 5. The number of hydrogen-bond acceptors (Lipinski definition) is 3. The number of thiophene rings is 1. The molecular formula is C19H26ClN3O2S. The van der Waals surface area contributed by atoms with Gasteiger partial charge in [-0.25, -0.2) is 4.79 Å². The van der Waals surface area contributed by atoms with Gasteiger partial charge in [-0.1, -0.05) is 17.7 Å². The first kappa shape index (κ1) is 19.2. The minimum absolute atomic E-state index is 0.0975. The molecule has 1 aromatic heterocycles. The lowest BCUT2D eigenvalue weighted by molar-refractivity contribution is -0.137. The third-order valence-electron chi connectivity index (χ3n) is 5.05. The fourth-order valence-corrected chi connectivity index (χ4v) is 4.84. The highest BCUT2D eigenvalue weighted by Gasteiger charge is 2.33. The van der Waals surface area contributed by atoms with Gasteiger partial charge in [-0.15, -0.1) is 17.9 Å². The van der Waals surface area contributed by atoms with Crippen LogP contribution in [0.4, 0.5) is 4.79 Å². The number of likely N-dealkylation sites (tertiary alicyclic amines) is 2. The van der Waals surface area contributed by atoms with Crippen LogP contribution in [0.2, 0.25) is 4.34 Å². The Morgan fingerprint density at radius 3 is 2.62 bits per heavy atom. The Kier molecular flexibility index (Phi) is 6.59. The molecule has 0 bridgehead atoms. The Balaban J connectivity index is 1.63. The van der Waals surface area contributed by atoms with E-state index in [0.29, 0.717) is 19.6 Å². The van der Waals surface area contributed by atoms with Crippen LogP contribution >= 0.6 is 22.9 Å². The van der Waals surface area contributed by atoms with Gasteiger partial charge in [-0.2, -0.15) is 0 Å². The quantitative estimate of drug-likeness (QED) is 0.711. The maximum Gasteiger partial charge on any atom is 0.320 e. The van der Waals surface area contributed by atoms with E-state index in [-0.39, 0.29) is 17.9 Å². The average Bonchev–Trinajstić information content (AvgIpc) is 3.32. The van der Waals surface area contributed by atoms with E-state index < -0.39 is 0 Å². The number of nitrogens with zero attached hydrogens (tertiary/aromatic N) is 3. The third kappa shape index (κ3) is 4.60. The van der Waals surface area contributed by atoms with Gasteiger partial charge in [0, 0.05) is 37.6 Å². The molecule has 5 nitrogen and oxygen atoms in total. The van der Waals surface area contributed by atoms with Crippen molar-refractivity contribution in [2.75, 3.05) is 32.7 Å². The average molecular weight is 396 g/mol. The van der Waals surface area contributed by atoms with Crippen LogP contribution in [0.25, 0.3) is 0 Å². The zero-order valence-electron chi connectivity index (χ0n) is 15.0. The molecule has 142 valence electrons. The predicted molar refractivity (Wildman–Crippen MR) is 105 cm³/mol. The molecule has 0 N–H and O–H groups in total. The summed E-state index contributed by atoms with van der Waals surface area (Å²) in [4.78, 5) is 32.4. The van der Waals surface area contributed by atoms with Gasteiger partial charge in [0.2, 0.25) is 5.91 Å². The Labute approximate surface area is 164 Å². The molecule has 26 heavy (non-hydrogen) atoms. The van der Waals surface area contributed by atoms with Crippen molar-refractivity contribution in [3.8, 4) is 0 Å². The molecule has 3 heterocycles. The van der Waals surface area contributed by atoms with Gasteiger partial charge in [0.05, 0.1) is 16.8 Å². The molecule has 1 unspecified atom stereocenters. The third-order valence-corrected chi connectivity index (χ3v) is 6.27. The molecule has 0 aromatic carbocycles. The number of halogens is 1. The highest BCUT2D eigenvalue weighted by Crippen LogP contribution is 2.25. The Bertz CT molecular complexity index is 657. The summed E-state index contributed by atoms with van der Waals surface area (Å²) in [5, 5.41) is 0. The summed E-state index contributed by atoms with van der Waals surface area (Å²) >= 11 is 7.51. The van der Waals surface area contributed by atoms with Crippen molar-refractivity contribution in [3.05, 3.63) is 34.0 Å². The van der Waals surface area contributed by atoms with Gasteiger partial charge in [0.1, 0.15) is 0 Å². The van der Waals surface area contributed by atoms with Gasteiger partial charge < -0.3 is 14.7 Å². The number of amides is 3. The standard InChI is InChI=1S/C19H26ClN3O2S/c1-2-9-22(14-16-7-8-17(20)26-16)18(24)15-6-5-12-23(13-15)19(25)21-10-3-4-11-21/h2,7-8,15H,1,3-6,9-14H2. The lowest BCUT2D eigenvalue weighted by atomic mass is 9.96. The maximum atomic E-state index is 13.1. The molecule has 3 amide bonds. The second-order valence-electron chi connectivity index (χ2n) is 6.98. The van der Waals surface area contributed by atoms with Crippen LogP contribution in [0.15, 0.2) is 24.8 Å². The smallest absolute Gasteiger partial charge is 0.320 e. The first-order chi connectivity index (χ1) is 12.6. The van der Waals surface area contributed by atoms with Crippen molar-refractivity contribution in [3.63, 3.8) is 0 Å².